The molecule has 1 aromatic rings. The largest absolute Gasteiger partial charge is 0.492 e. The van der Waals surface area contributed by atoms with Crippen molar-refractivity contribution < 1.29 is 19.4 Å². The van der Waals surface area contributed by atoms with Crippen LogP contribution in [-0.4, -0.2) is 55.7 Å². The van der Waals surface area contributed by atoms with E-state index < -0.39 is 5.97 Å². The fourth-order valence-electron chi connectivity index (χ4n) is 1.44. The van der Waals surface area contributed by atoms with Crippen LogP contribution >= 0.6 is 0 Å². The van der Waals surface area contributed by atoms with Crippen LogP contribution in [0.4, 0.5) is 0 Å². The van der Waals surface area contributed by atoms with Gasteiger partial charge < -0.3 is 15.2 Å². The van der Waals surface area contributed by atoms with Crippen molar-refractivity contribution >= 4 is 11.9 Å². The molecule has 0 saturated carbocycles. The fraction of sp³-hybridized carbons (Fsp3) is 0.385. The van der Waals surface area contributed by atoms with Gasteiger partial charge in [-0.25, -0.2) is 4.79 Å². The first kappa shape index (κ1) is 15.0. The molecule has 0 bridgehead atoms. The first-order valence-electron chi connectivity index (χ1n) is 5.88. The Balaban J connectivity index is 2.38. The van der Waals surface area contributed by atoms with E-state index in [9.17, 15) is 9.59 Å². The van der Waals surface area contributed by atoms with Crippen molar-refractivity contribution in [3.8, 4) is 5.75 Å². The van der Waals surface area contributed by atoms with Crippen LogP contribution in [-0.2, 0) is 4.79 Å². The number of hydrogen-bond acceptors (Lipinski definition) is 4. The minimum absolute atomic E-state index is 0.0598. The number of carboxylic acids is 1. The normalized spacial score (nSPS) is 10.3. The maximum atomic E-state index is 11.1. The number of aromatic carboxylic acids is 1. The van der Waals surface area contributed by atoms with Crippen LogP contribution in [0, 0.1) is 0 Å². The lowest BCUT2D eigenvalue weighted by atomic mass is 10.2. The van der Waals surface area contributed by atoms with E-state index in [4.69, 9.17) is 9.84 Å². The number of carbonyl (C=O) groups excluding carboxylic acids is 1. The van der Waals surface area contributed by atoms with Crippen molar-refractivity contribution in [2.75, 3.05) is 33.8 Å². The topological polar surface area (TPSA) is 78.9 Å². The second kappa shape index (κ2) is 7.38. The van der Waals surface area contributed by atoms with Crippen LogP contribution < -0.4 is 10.1 Å². The molecule has 0 aliphatic heterocycles. The monoisotopic (exact) mass is 266 g/mol. The third kappa shape index (κ3) is 5.39. The standard InChI is InChI=1S/C13H18N2O4/c1-14-12(16)9-15(2)6-7-19-11-5-3-4-10(8-11)13(17)18/h3-5,8H,6-7,9H2,1-2H3,(H,14,16)(H,17,18). The van der Waals surface area contributed by atoms with Crippen molar-refractivity contribution in [2.45, 2.75) is 0 Å². The molecule has 19 heavy (non-hydrogen) atoms. The van der Waals surface area contributed by atoms with E-state index >= 15 is 0 Å². The minimum Gasteiger partial charge on any atom is -0.492 e. The van der Waals surface area contributed by atoms with E-state index in [0.717, 1.165) is 0 Å². The second-order valence-electron chi connectivity index (χ2n) is 4.09. The maximum absolute atomic E-state index is 11.1. The van der Waals surface area contributed by atoms with E-state index in [1.54, 1.807) is 19.2 Å². The minimum atomic E-state index is -0.984. The molecule has 1 aromatic carbocycles. The zero-order valence-electron chi connectivity index (χ0n) is 11.0. The lowest BCUT2D eigenvalue weighted by Crippen LogP contribution is -2.35. The van der Waals surface area contributed by atoms with E-state index in [2.05, 4.69) is 5.32 Å². The summed E-state index contributed by atoms with van der Waals surface area (Å²) in [7, 11) is 3.40. The van der Waals surface area contributed by atoms with Crippen LogP contribution in [0.25, 0.3) is 0 Å². The van der Waals surface area contributed by atoms with Gasteiger partial charge in [-0.2, -0.15) is 0 Å². The molecule has 0 saturated heterocycles. The molecule has 6 heteroatoms. The smallest absolute Gasteiger partial charge is 0.335 e. The number of carbonyl (C=O) groups is 2. The van der Waals surface area contributed by atoms with Gasteiger partial charge in [0.2, 0.25) is 5.91 Å². The second-order valence-corrected chi connectivity index (χ2v) is 4.09. The summed E-state index contributed by atoms with van der Waals surface area (Å²) in [6, 6.07) is 6.31. The molecule has 0 aromatic heterocycles. The molecule has 0 unspecified atom stereocenters. The summed E-state index contributed by atoms with van der Waals surface area (Å²) in [4.78, 5) is 23.7. The van der Waals surface area contributed by atoms with Crippen molar-refractivity contribution in [3.05, 3.63) is 29.8 Å². The maximum Gasteiger partial charge on any atom is 0.335 e. The summed E-state index contributed by atoms with van der Waals surface area (Å²) >= 11 is 0. The lowest BCUT2D eigenvalue weighted by molar-refractivity contribution is -0.121. The number of likely N-dealkylation sites (N-methyl/N-ethyl adjacent to an activating group) is 2. The van der Waals surface area contributed by atoms with Crippen LogP contribution in [0.5, 0.6) is 5.75 Å². The molecule has 6 nitrogen and oxygen atoms in total. The van der Waals surface area contributed by atoms with Crippen LogP contribution in [0.15, 0.2) is 24.3 Å². The molecule has 0 heterocycles. The predicted molar refractivity (Wildman–Crippen MR) is 70.5 cm³/mol. The molecule has 1 amide bonds. The SMILES string of the molecule is CNC(=O)CN(C)CCOc1cccc(C(=O)O)c1. The quantitative estimate of drug-likeness (QED) is 0.748. The molecular weight excluding hydrogens is 248 g/mol. The number of nitrogens with zero attached hydrogens (tertiary/aromatic N) is 1. The van der Waals surface area contributed by atoms with Gasteiger partial charge in [-0.15, -0.1) is 0 Å². The molecule has 0 fully saturated rings. The number of ether oxygens (including phenoxy) is 1. The molecule has 1 rings (SSSR count). The number of rotatable bonds is 7. The lowest BCUT2D eigenvalue weighted by Gasteiger charge is -2.15. The Morgan fingerprint density at radius 3 is 2.79 bits per heavy atom. The fourth-order valence-corrected chi connectivity index (χ4v) is 1.44. The van der Waals surface area contributed by atoms with Gasteiger partial charge >= 0.3 is 5.97 Å². The molecule has 104 valence electrons. The van der Waals surface area contributed by atoms with Gasteiger partial charge in [-0.3, -0.25) is 9.69 Å². The van der Waals surface area contributed by atoms with Crippen molar-refractivity contribution in [1.29, 1.82) is 0 Å². The average molecular weight is 266 g/mol. The van der Waals surface area contributed by atoms with Gasteiger partial charge in [0.1, 0.15) is 12.4 Å². The van der Waals surface area contributed by atoms with Gasteiger partial charge in [0.15, 0.2) is 0 Å². The van der Waals surface area contributed by atoms with Crippen LogP contribution in [0.1, 0.15) is 10.4 Å². The molecule has 0 spiro atoms. The van der Waals surface area contributed by atoms with Gasteiger partial charge in [0, 0.05) is 13.6 Å². The highest BCUT2D eigenvalue weighted by atomic mass is 16.5. The third-order valence-corrected chi connectivity index (χ3v) is 2.52. The van der Waals surface area contributed by atoms with Gasteiger partial charge in [-0.05, 0) is 25.2 Å². The Bertz CT molecular complexity index is 448. The first-order valence-corrected chi connectivity index (χ1v) is 5.88. The van der Waals surface area contributed by atoms with Crippen LogP contribution in [0.2, 0.25) is 0 Å². The highest BCUT2D eigenvalue weighted by molar-refractivity contribution is 5.88. The summed E-state index contributed by atoms with van der Waals surface area (Å²) in [5.41, 5.74) is 0.191. The van der Waals surface area contributed by atoms with E-state index in [1.165, 1.54) is 12.1 Å². The zero-order valence-corrected chi connectivity index (χ0v) is 11.0. The highest BCUT2D eigenvalue weighted by Crippen LogP contribution is 2.13. The number of benzene rings is 1. The molecule has 0 aliphatic rings. The zero-order chi connectivity index (χ0) is 14.3. The Morgan fingerprint density at radius 2 is 2.16 bits per heavy atom. The van der Waals surface area contributed by atoms with Crippen LogP contribution in [0.3, 0.4) is 0 Å². The van der Waals surface area contributed by atoms with Gasteiger partial charge in [-0.1, -0.05) is 6.07 Å². The van der Waals surface area contributed by atoms with E-state index in [0.29, 0.717) is 25.4 Å². The first-order chi connectivity index (χ1) is 9.02. The summed E-state index contributed by atoms with van der Waals surface area (Å²) in [6.07, 6.45) is 0. The third-order valence-electron chi connectivity index (χ3n) is 2.52. The predicted octanol–water partition coefficient (Wildman–Crippen LogP) is 0.441. The Hall–Kier alpha value is -2.08. The summed E-state index contributed by atoms with van der Waals surface area (Å²) < 4.78 is 5.45. The summed E-state index contributed by atoms with van der Waals surface area (Å²) in [6.45, 7) is 1.26. The average Bonchev–Trinajstić information content (AvgIpc) is 2.38. The Labute approximate surface area is 112 Å². The Morgan fingerprint density at radius 1 is 1.42 bits per heavy atom. The van der Waals surface area contributed by atoms with Gasteiger partial charge in [0.25, 0.3) is 0 Å². The summed E-state index contributed by atoms with van der Waals surface area (Å²) in [5, 5.41) is 11.4. The molecular formula is C13H18N2O4. The number of nitrogens with one attached hydrogen (secondary N) is 1. The van der Waals surface area contributed by atoms with Crippen molar-refractivity contribution in [3.63, 3.8) is 0 Å². The highest BCUT2D eigenvalue weighted by Gasteiger charge is 2.06. The number of amides is 1. The molecule has 0 atom stereocenters. The number of carboxylic acid groups (broad SMARTS) is 1. The Kier molecular flexibility index (Phi) is 5.81. The summed E-state index contributed by atoms with van der Waals surface area (Å²) in [5.74, 6) is -0.536. The molecule has 0 radical (unpaired) electrons. The molecule has 2 N–H and O–H groups in total. The van der Waals surface area contributed by atoms with E-state index in [-0.39, 0.29) is 11.5 Å². The van der Waals surface area contributed by atoms with Crippen molar-refractivity contribution in [1.82, 2.24) is 10.2 Å². The van der Waals surface area contributed by atoms with Gasteiger partial charge in [0.05, 0.1) is 12.1 Å². The molecule has 0 aliphatic carbocycles. The number of hydrogen-bond donors (Lipinski definition) is 2. The van der Waals surface area contributed by atoms with E-state index in [1.807, 2.05) is 11.9 Å². The van der Waals surface area contributed by atoms with Crippen molar-refractivity contribution in [2.24, 2.45) is 0 Å².